The van der Waals surface area contributed by atoms with E-state index in [4.69, 9.17) is 9.97 Å². The summed E-state index contributed by atoms with van der Waals surface area (Å²) in [5, 5.41) is 5.76. The van der Waals surface area contributed by atoms with Crippen LogP contribution in [0.1, 0.15) is 97.3 Å². The zero-order valence-corrected chi connectivity index (χ0v) is 30.7. The van der Waals surface area contributed by atoms with E-state index in [9.17, 15) is 9.59 Å². The third-order valence-corrected chi connectivity index (χ3v) is 9.57. The van der Waals surface area contributed by atoms with Crippen molar-refractivity contribution in [3.8, 4) is 11.3 Å². The molecule has 0 bridgehead atoms. The van der Waals surface area contributed by atoms with Crippen molar-refractivity contribution in [1.82, 2.24) is 20.2 Å². The van der Waals surface area contributed by atoms with Crippen LogP contribution in [0.15, 0.2) is 53.5 Å². The highest BCUT2D eigenvalue weighted by Gasteiger charge is 2.27. The van der Waals surface area contributed by atoms with Gasteiger partial charge in [-0.25, -0.2) is 4.98 Å². The number of amides is 1. The molecule has 46 heavy (non-hydrogen) atoms. The summed E-state index contributed by atoms with van der Waals surface area (Å²) in [7, 11) is 3.76. The molecule has 3 rings (SSSR count). The zero-order chi connectivity index (χ0) is 34.2. The molecule has 3 aromatic rings. The molecule has 7 nitrogen and oxygen atoms in total. The first-order chi connectivity index (χ1) is 21.7. The van der Waals surface area contributed by atoms with Crippen molar-refractivity contribution in [2.75, 3.05) is 25.5 Å². The molecule has 250 valence electrons. The normalized spacial score (nSPS) is 14.0. The molecular formula is C38H55N5O2S. The van der Waals surface area contributed by atoms with E-state index in [2.05, 4.69) is 89.0 Å². The van der Waals surface area contributed by atoms with Crippen LogP contribution in [-0.2, 0) is 16.0 Å². The Kier molecular flexibility index (Phi) is 13.3. The fourth-order valence-corrected chi connectivity index (χ4v) is 7.02. The van der Waals surface area contributed by atoms with Crippen LogP contribution < -0.4 is 10.2 Å². The topological polar surface area (TPSA) is 78.4 Å². The Hall–Kier alpha value is -3.36. The van der Waals surface area contributed by atoms with Gasteiger partial charge in [0.25, 0.3) is 0 Å². The Bertz CT molecular complexity index is 1460. The molecule has 0 fully saturated rings. The monoisotopic (exact) mass is 645 g/mol. The van der Waals surface area contributed by atoms with Gasteiger partial charge in [0.15, 0.2) is 0 Å². The second-order valence-electron chi connectivity index (χ2n) is 13.9. The Morgan fingerprint density at radius 2 is 1.74 bits per heavy atom. The van der Waals surface area contributed by atoms with Crippen molar-refractivity contribution in [3.05, 3.63) is 69.8 Å². The number of nitrogens with zero attached hydrogens (tertiary/aromatic N) is 4. The number of benzene rings is 1. The minimum absolute atomic E-state index is 0.126. The zero-order valence-electron chi connectivity index (χ0n) is 29.8. The van der Waals surface area contributed by atoms with E-state index in [1.807, 2.05) is 50.5 Å². The van der Waals surface area contributed by atoms with Crippen molar-refractivity contribution in [2.45, 2.75) is 99.6 Å². The number of nitrogens with one attached hydrogen (secondary N) is 1. The summed E-state index contributed by atoms with van der Waals surface area (Å²) in [5.41, 5.74) is 8.09. The molecule has 0 radical (unpaired) electrons. The summed E-state index contributed by atoms with van der Waals surface area (Å²) >= 11 is 1.51. The van der Waals surface area contributed by atoms with Gasteiger partial charge in [0, 0.05) is 47.1 Å². The van der Waals surface area contributed by atoms with Gasteiger partial charge in [0.1, 0.15) is 6.29 Å². The van der Waals surface area contributed by atoms with Gasteiger partial charge < -0.3 is 15.0 Å². The van der Waals surface area contributed by atoms with Crippen molar-refractivity contribution in [2.24, 2.45) is 11.3 Å². The third-order valence-electron chi connectivity index (χ3n) is 8.70. The molecule has 0 aliphatic rings. The lowest BCUT2D eigenvalue weighted by atomic mass is 9.82. The maximum absolute atomic E-state index is 12.9. The molecule has 1 N–H and O–H groups in total. The van der Waals surface area contributed by atoms with E-state index >= 15 is 0 Å². The molecule has 8 heteroatoms. The minimum Gasteiger partial charge on any atom is -0.345 e. The average Bonchev–Trinajstić information content (AvgIpc) is 3.47. The molecule has 2 aromatic heterocycles. The fraction of sp³-hybridized carbons (Fsp3) is 0.526. The lowest BCUT2D eigenvalue weighted by Crippen LogP contribution is -2.50. The smallest absolute Gasteiger partial charge is 0.238 e. The summed E-state index contributed by atoms with van der Waals surface area (Å²) in [6.45, 7) is 20.7. The number of allylic oxidation sites excluding steroid dienone is 1. The van der Waals surface area contributed by atoms with Gasteiger partial charge in [-0.3, -0.25) is 14.7 Å². The third kappa shape index (κ3) is 9.35. The molecule has 2 unspecified atom stereocenters. The largest absolute Gasteiger partial charge is 0.345 e. The molecule has 1 amide bonds. The number of rotatable bonds is 16. The highest BCUT2D eigenvalue weighted by Crippen LogP contribution is 2.38. The van der Waals surface area contributed by atoms with Crippen molar-refractivity contribution in [3.63, 3.8) is 0 Å². The van der Waals surface area contributed by atoms with Gasteiger partial charge in [0.05, 0.1) is 28.5 Å². The Labute approximate surface area is 281 Å². The van der Waals surface area contributed by atoms with Gasteiger partial charge in [-0.05, 0) is 81.5 Å². The van der Waals surface area contributed by atoms with Gasteiger partial charge in [-0.1, -0.05) is 67.0 Å². The molecule has 0 saturated heterocycles. The fourth-order valence-electron chi connectivity index (χ4n) is 6.15. The van der Waals surface area contributed by atoms with E-state index in [1.54, 1.807) is 0 Å². The van der Waals surface area contributed by atoms with E-state index in [-0.39, 0.29) is 23.3 Å². The number of anilines is 1. The average molecular weight is 646 g/mol. The maximum atomic E-state index is 12.9. The number of aldehydes is 1. The van der Waals surface area contributed by atoms with Crippen molar-refractivity contribution >= 4 is 34.9 Å². The van der Waals surface area contributed by atoms with Gasteiger partial charge >= 0.3 is 0 Å². The van der Waals surface area contributed by atoms with Crippen LogP contribution in [0.25, 0.3) is 17.0 Å². The van der Waals surface area contributed by atoms with Gasteiger partial charge in [-0.15, -0.1) is 11.3 Å². The molecule has 0 spiro atoms. The van der Waals surface area contributed by atoms with Crippen LogP contribution in [0, 0.1) is 11.3 Å². The first-order valence-electron chi connectivity index (χ1n) is 16.6. The molecular weight excluding hydrogens is 591 g/mol. The molecule has 0 aliphatic carbocycles. The van der Waals surface area contributed by atoms with Gasteiger partial charge in [-0.2, -0.15) is 0 Å². The quantitative estimate of drug-likeness (QED) is 0.158. The van der Waals surface area contributed by atoms with Crippen LogP contribution in [0.4, 0.5) is 5.69 Å². The van der Waals surface area contributed by atoms with Crippen LogP contribution in [-0.4, -0.2) is 59.8 Å². The van der Waals surface area contributed by atoms with E-state index < -0.39 is 6.04 Å². The lowest BCUT2D eigenvalue weighted by molar-refractivity contribution is -0.129. The summed E-state index contributed by atoms with van der Waals surface area (Å²) in [6, 6.07) is 11.9. The number of hydrogen-bond acceptors (Lipinski definition) is 7. The summed E-state index contributed by atoms with van der Waals surface area (Å²) < 4.78 is 0. The number of carbonyl (C=O) groups is 2. The SMILES string of the molecule is CCN(/C(=C(\C)CC(C)(C)CC)c1cccnc1C(C)C)c1ccc(-c2csc(CC(C=O)NC(=O)C(C(C)C)N(C)C)n2)cc1. The van der Waals surface area contributed by atoms with E-state index in [0.29, 0.717) is 12.3 Å². The minimum atomic E-state index is -0.623. The van der Waals surface area contributed by atoms with Crippen LogP contribution in [0.5, 0.6) is 0 Å². The molecule has 2 atom stereocenters. The van der Waals surface area contributed by atoms with Crippen molar-refractivity contribution < 1.29 is 9.59 Å². The van der Waals surface area contributed by atoms with E-state index in [1.165, 1.54) is 28.2 Å². The number of hydrogen-bond donors (Lipinski definition) is 1. The highest BCUT2D eigenvalue weighted by atomic mass is 32.1. The maximum Gasteiger partial charge on any atom is 0.238 e. The number of thiazole rings is 1. The standard InChI is InChI=1S/C38H55N5O2S/c1-12-38(8,9)22-27(7)36(31-15-14-20-39-34(31)25(3)4)43(13-2)30-18-16-28(17-19-30)32-24-46-33(41-32)21-29(23-44)40-37(45)35(26(5)6)42(10)11/h14-20,23-26,29,35H,12-13,21-22H2,1-11H3,(H,40,45)/b36-27+. The highest BCUT2D eigenvalue weighted by molar-refractivity contribution is 7.10. The predicted molar refractivity (Wildman–Crippen MR) is 194 cm³/mol. The van der Waals surface area contributed by atoms with Crippen LogP contribution in [0.2, 0.25) is 0 Å². The Morgan fingerprint density at radius 3 is 2.28 bits per heavy atom. The Balaban J connectivity index is 1.90. The molecule has 0 saturated carbocycles. The summed E-state index contributed by atoms with van der Waals surface area (Å²) in [5.74, 6) is 0.286. The lowest BCUT2D eigenvalue weighted by Gasteiger charge is -2.32. The second-order valence-corrected chi connectivity index (χ2v) is 14.9. The number of likely N-dealkylation sites (N-methyl/N-ethyl adjacent to an activating group) is 1. The first kappa shape index (κ1) is 37.1. The first-order valence-corrected chi connectivity index (χ1v) is 17.5. The molecule has 0 aliphatic heterocycles. The summed E-state index contributed by atoms with van der Waals surface area (Å²) in [4.78, 5) is 38.8. The molecule has 2 heterocycles. The van der Waals surface area contributed by atoms with Gasteiger partial charge in [0.2, 0.25) is 5.91 Å². The molecule has 1 aromatic carbocycles. The van der Waals surface area contributed by atoms with Crippen molar-refractivity contribution in [1.29, 1.82) is 0 Å². The number of carbonyl (C=O) groups excluding carboxylic acids is 2. The summed E-state index contributed by atoms with van der Waals surface area (Å²) in [6.07, 6.45) is 5.17. The second kappa shape index (κ2) is 16.5. The van der Waals surface area contributed by atoms with E-state index in [0.717, 1.165) is 53.3 Å². The number of aromatic nitrogens is 2. The number of pyridine rings is 1. The van der Waals surface area contributed by atoms with Crippen LogP contribution >= 0.6 is 11.3 Å². The predicted octanol–water partition coefficient (Wildman–Crippen LogP) is 8.22. The Morgan fingerprint density at radius 1 is 1.07 bits per heavy atom. The van der Waals surface area contributed by atoms with Crippen LogP contribution in [0.3, 0.4) is 0 Å².